The van der Waals surface area contributed by atoms with Crippen LogP contribution in [0.3, 0.4) is 0 Å². The smallest absolute Gasteiger partial charge is 0.306 e. The van der Waals surface area contributed by atoms with Crippen LogP contribution in [-0.2, 0) is 28.6 Å². The molecular weight excluding hydrogens is 817 g/mol. The van der Waals surface area contributed by atoms with Crippen LogP contribution in [-0.4, -0.2) is 37.2 Å². The largest absolute Gasteiger partial charge is 0.462 e. The standard InChI is InChI=1S/C60H104O6/c1-4-7-10-13-16-19-22-25-28-29-30-31-33-35-38-41-44-47-50-53-59(62)65-56-57(55-64-58(61)52-49-46-43-40-37-34-27-24-21-18-15-12-9-6-3)66-60(63)54-51-48-45-42-39-36-32-26-23-20-17-14-11-8-5-2/h8,11,14,17,20,23,26,29-30,32,36,39,57H,4-7,9-10,12-13,15-16,18-19,21-22,24-25,27-28,31,33-35,37-38,40-56H2,1-3H3/b11-8-,17-14-,23-20-,30-29-,32-26-,39-36-. The Kier molecular flexibility index (Phi) is 51.9. The van der Waals surface area contributed by atoms with E-state index in [9.17, 15) is 14.4 Å². The summed E-state index contributed by atoms with van der Waals surface area (Å²) < 4.78 is 16.8. The average molecular weight is 921 g/mol. The van der Waals surface area contributed by atoms with Gasteiger partial charge in [0, 0.05) is 19.3 Å². The van der Waals surface area contributed by atoms with E-state index in [4.69, 9.17) is 14.2 Å². The Labute approximate surface area is 408 Å². The lowest BCUT2D eigenvalue weighted by molar-refractivity contribution is -0.167. The summed E-state index contributed by atoms with van der Waals surface area (Å²) in [5, 5.41) is 0. The lowest BCUT2D eigenvalue weighted by Gasteiger charge is -2.18. The van der Waals surface area contributed by atoms with Crippen molar-refractivity contribution in [3.05, 3.63) is 72.9 Å². The van der Waals surface area contributed by atoms with Crippen LogP contribution in [0.4, 0.5) is 0 Å². The molecule has 0 aromatic rings. The van der Waals surface area contributed by atoms with Crippen molar-refractivity contribution in [3.63, 3.8) is 0 Å². The zero-order chi connectivity index (χ0) is 47.9. The summed E-state index contributed by atoms with van der Waals surface area (Å²) in [6.07, 6.45) is 68.9. The quantitative estimate of drug-likeness (QED) is 0.0199. The fourth-order valence-corrected chi connectivity index (χ4v) is 7.87. The van der Waals surface area contributed by atoms with Gasteiger partial charge in [0.05, 0.1) is 0 Å². The van der Waals surface area contributed by atoms with Gasteiger partial charge in [0.1, 0.15) is 13.2 Å². The van der Waals surface area contributed by atoms with Crippen molar-refractivity contribution in [2.45, 2.75) is 277 Å². The molecule has 380 valence electrons. The monoisotopic (exact) mass is 921 g/mol. The molecule has 6 nitrogen and oxygen atoms in total. The van der Waals surface area contributed by atoms with Gasteiger partial charge in [0.2, 0.25) is 0 Å². The zero-order valence-electron chi connectivity index (χ0n) is 43.4. The summed E-state index contributed by atoms with van der Waals surface area (Å²) in [6, 6.07) is 0. The van der Waals surface area contributed by atoms with Crippen molar-refractivity contribution in [1.82, 2.24) is 0 Å². The van der Waals surface area contributed by atoms with Crippen molar-refractivity contribution < 1.29 is 28.6 Å². The van der Waals surface area contributed by atoms with Gasteiger partial charge in [-0.05, 0) is 64.2 Å². The second-order valence-electron chi connectivity index (χ2n) is 18.6. The van der Waals surface area contributed by atoms with Crippen molar-refractivity contribution in [3.8, 4) is 0 Å². The highest BCUT2D eigenvalue weighted by atomic mass is 16.6. The first-order valence-electron chi connectivity index (χ1n) is 28.0. The molecule has 0 aliphatic carbocycles. The molecule has 6 heteroatoms. The van der Waals surface area contributed by atoms with Crippen molar-refractivity contribution in [2.75, 3.05) is 13.2 Å². The normalized spacial score (nSPS) is 12.6. The van der Waals surface area contributed by atoms with Gasteiger partial charge in [-0.3, -0.25) is 14.4 Å². The van der Waals surface area contributed by atoms with E-state index in [0.717, 1.165) is 64.2 Å². The summed E-state index contributed by atoms with van der Waals surface area (Å²) in [4.78, 5) is 38.1. The molecule has 0 rings (SSSR count). The highest BCUT2D eigenvalue weighted by molar-refractivity contribution is 5.71. The van der Waals surface area contributed by atoms with Crippen LogP contribution in [0.2, 0.25) is 0 Å². The molecule has 0 aliphatic rings. The highest BCUT2D eigenvalue weighted by Gasteiger charge is 2.19. The van der Waals surface area contributed by atoms with Gasteiger partial charge in [0.15, 0.2) is 6.10 Å². The number of rotatable bonds is 50. The summed E-state index contributed by atoms with van der Waals surface area (Å²) in [5.74, 6) is -0.931. The van der Waals surface area contributed by atoms with Gasteiger partial charge in [0.25, 0.3) is 0 Å². The minimum Gasteiger partial charge on any atom is -0.462 e. The second-order valence-corrected chi connectivity index (χ2v) is 18.6. The molecule has 0 bridgehead atoms. The Morgan fingerprint density at radius 3 is 0.985 bits per heavy atom. The third kappa shape index (κ3) is 51.8. The maximum absolute atomic E-state index is 12.8. The molecular formula is C60H104O6. The predicted octanol–water partition coefficient (Wildman–Crippen LogP) is 18.6. The Bertz CT molecular complexity index is 1240. The van der Waals surface area contributed by atoms with E-state index in [1.165, 1.54) is 161 Å². The molecule has 1 atom stereocenters. The summed E-state index contributed by atoms with van der Waals surface area (Å²) >= 11 is 0. The molecule has 0 saturated heterocycles. The Balaban J connectivity index is 4.42. The van der Waals surface area contributed by atoms with Crippen molar-refractivity contribution in [2.24, 2.45) is 0 Å². The molecule has 0 aromatic heterocycles. The van der Waals surface area contributed by atoms with Crippen molar-refractivity contribution in [1.29, 1.82) is 0 Å². The maximum atomic E-state index is 12.8. The molecule has 0 aliphatic heterocycles. The lowest BCUT2D eigenvalue weighted by Crippen LogP contribution is -2.30. The van der Waals surface area contributed by atoms with Crippen LogP contribution >= 0.6 is 0 Å². The van der Waals surface area contributed by atoms with Gasteiger partial charge in [-0.1, -0.05) is 261 Å². The molecule has 1 unspecified atom stereocenters. The maximum Gasteiger partial charge on any atom is 0.306 e. The van der Waals surface area contributed by atoms with E-state index in [2.05, 4.69) is 45.1 Å². The van der Waals surface area contributed by atoms with E-state index in [0.29, 0.717) is 19.3 Å². The van der Waals surface area contributed by atoms with Crippen LogP contribution in [0, 0.1) is 0 Å². The number of hydrogen-bond donors (Lipinski definition) is 0. The molecule has 0 N–H and O–H groups in total. The predicted molar refractivity (Wildman–Crippen MR) is 284 cm³/mol. The van der Waals surface area contributed by atoms with Gasteiger partial charge < -0.3 is 14.2 Å². The Morgan fingerprint density at radius 2 is 0.606 bits per heavy atom. The van der Waals surface area contributed by atoms with Crippen molar-refractivity contribution >= 4 is 17.9 Å². The fraction of sp³-hybridized carbons (Fsp3) is 0.750. The molecule has 0 radical (unpaired) electrons. The summed E-state index contributed by atoms with van der Waals surface area (Å²) in [5.41, 5.74) is 0. The summed E-state index contributed by atoms with van der Waals surface area (Å²) in [6.45, 7) is 6.48. The first-order valence-corrected chi connectivity index (χ1v) is 28.0. The third-order valence-electron chi connectivity index (χ3n) is 12.1. The first kappa shape index (κ1) is 62.8. The minimum atomic E-state index is -0.797. The second kappa shape index (κ2) is 54.5. The number of carbonyl (C=O) groups excluding carboxylic acids is 3. The van der Waals surface area contributed by atoms with Crippen LogP contribution in [0.25, 0.3) is 0 Å². The van der Waals surface area contributed by atoms with E-state index in [-0.39, 0.29) is 37.5 Å². The topological polar surface area (TPSA) is 78.9 Å². The molecule has 0 saturated carbocycles. The summed E-state index contributed by atoms with van der Waals surface area (Å²) in [7, 11) is 0. The van der Waals surface area contributed by atoms with Crippen LogP contribution in [0.1, 0.15) is 271 Å². The number of allylic oxidation sites excluding steroid dienone is 12. The number of hydrogen-bond acceptors (Lipinski definition) is 6. The Morgan fingerprint density at radius 1 is 0.318 bits per heavy atom. The molecule has 0 spiro atoms. The third-order valence-corrected chi connectivity index (χ3v) is 12.1. The number of esters is 3. The van der Waals surface area contributed by atoms with E-state index < -0.39 is 6.10 Å². The fourth-order valence-electron chi connectivity index (χ4n) is 7.87. The molecule has 0 heterocycles. The highest BCUT2D eigenvalue weighted by Crippen LogP contribution is 2.16. The minimum absolute atomic E-state index is 0.0921. The molecule has 0 amide bonds. The zero-order valence-corrected chi connectivity index (χ0v) is 43.4. The average Bonchev–Trinajstić information content (AvgIpc) is 3.31. The van der Waals surface area contributed by atoms with E-state index >= 15 is 0 Å². The van der Waals surface area contributed by atoms with Gasteiger partial charge >= 0.3 is 17.9 Å². The molecule has 0 fully saturated rings. The molecule has 66 heavy (non-hydrogen) atoms. The SMILES string of the molecule is CC\C=C/C=C\C=C/C=C\C=C/CCCCCC(=O)OC(COC(=O)CCCCCCCCC/C=C\CCCCCCCCCC)COC(=O)CCCCCCCCCCCCCCCC. The Hall–Kier alpha value is -3.15. The number of unbranched alkanes of at least 4 members (excludes halogenated alkanes) is 31. The number of ether oxygens (including phenoxy) is 3. The van der Waals surface area contributed by atoms with Crippen LogP contribution in [0.15, 0.2) is 72.9 Å². The number of carbonyl (C=O) groups is 3. The van der Waals surface area contributed by atoms with Crippen LogP contribution in [0.5, 0.6) is 0 Å². The lowest BCUT2D eigenvalue weighted by atomic mass is 10.0. The van der Waals surface area contributed by atoms with E-state index in [1.54, 1.807) is 0 Å². The van der Waals surface area contributed by atoms with Gasteiger partial charge in [-0.2, -0.15) is 0 Å². The van der Waals surface area contributed by atoms with E-state index in [1.807, 2.05) is 48.6 Å². The van der Waals surface area contributed by atoms with Crippen LogP contribution < -0.4 is 0 Å². The van der Waals surface area contributed by atoms with Gasteiger partial charge in [-0.15, -0.1) is 0 Å². The van der Waals surface area contributed by atoms with Gasteiger partial charge in [-0.25, -0.2) is 0 Å². The molecule has 0 aromatic carbocycles. The first-order chi connectivity index (χ1) is 32.5.